The largest absolute Gasteiger partial charge is 0.326 e. The van der Waals surface area contributed by atoms with Crippen LogP contribution in [0.25, 0.3) is 11.0 Å². The number of rotatable bonds is 5. The first-order chi connectivity index (χ1) is 10.2. The Kier molecular flexibility index (Phi) is 4.02. The molecule has 0 aliphatic heterocycles. The Morgan fingerprint density at radius 2 is 1.71 bits per heavy atom. The van der Waals surface area contributed by atoms with E-state index < -0.39 is 0 Å². The Labute approximate surface area is 125 Å². The van der Waals surface area contributed by atoms with Crippen LogP contribution in [0.15, 0.2) is 54.9 Å². The summed E-state index contributed by atoms with van der Waals surface area (Å²) in [4.78, 5) is 4.43. The zero-order chi connectivity index (χ0) is 14.7. The molecule has 0 saturated carbocycles. The van der Waals surface area contributed by atoms with Crippen molar-refractivity contribution in [3.05, 3.63) is 66.0 Å². The number of benzene rings is 2. The molecule has 0 atom stereocenters. The van der Waals surface area contributed by atoms with Crippen molar-refractivity contribution in [3.63, 3.8) is 0 Å². The van der Waals surface area contributed by atoms with Crippen LogP contribution in [-0.4, -0.2) is 15.6 Å². The Morgan fingerprint density at radius 3 is 2.48 bits per heavy atom. The topological polar surface area (TPSA) is 29.9 Å². The van der Waals surface area contributed by atoms with Crippen LogP contribution < -0.4 is 5.32 Å². The molecule has 1 aromatic heterocycles. The fraction of sp³-hybridized carbons (Fsp3) is 0.278. The summed E-state index contributed by atoms with van der Waals surface area (Å²) in [6.07, 6.45) is 1.92. The van der Waals surface area contributed by atoms with E-state index in [1.807, 2.05) is 18.5 Å². The van der Waals surface area contributed by atoms with Crippen LogP contribution in [0.4, 0.5) is 0 Å². The molecule has 0 spiro atoms. The van der Waals surface area contributed by atoms with Gasteiger partial charge in [0.1, 0.15) is 0 Å². The highest BCUT2D eigenvalue weighted by Gasteiger charge is 2.02. The van der Waals surface area contributed by atoms with Gasteiger partial charge >= 0.3 is 0 Å². The van der Waals surface area contributed by atoms with E-state index in [9.17, 15) is 0 Å². The standard InChI is InChI=1S/C18H21N3/c1-14(2)19-11-15-7-9-16(10-8-15)12-21-13-20-17-5-3-4-6-18(17)21/h3-10,13-14,19H,11-12H2,1-2H3. The monoisotopic (exact) mass is 279 g/mol. The molecule has 3 aromatic rings. The first-order valence-corrected chi connectivity index (χ1v) is 7.43. The van der Waals surface area contributed by atoms with E-state index in [0.717, 1.165) is 18.6 Å². The van der Waals surface area contributed by atoms with Gasteiger partial charge in [-0.2, -0.15) is 0 Å². The van der Waals surface area contributed by atoms with Crippen molar-refractivity contribution in [1.29, 1.82) is 0 Å². The Bertz CT molecular complexity index is 711. The molecule has 0 saturated heterocycles. The summed E-state index contributed by atoms with van der Waals surface area (Å²) < 4.78 is 2.19. The molecule has 0 unspecified atom stereocenters. The van der Waals surface area contributed by atoms with Crippen LogP contribution in [0.5, 0.6) is 0 Å². The summed E-state index contributed by atoms with van der Waals surface area (Å²) in [6, 6.07) is 17.6. The average Bonchev–Trinajstić information content (AvgIpc) is 2.90. The molecule has 1 N–H and O–H groups in total. The first-order valence-electron chi connectivity index (χ1n) is 7.43. The van der Waals surface area contributed by atoms with Crippen molar-refractivity contribution < 1.29 is 0 Å². The number of para-hydroxylation sites is 2. The Hall–Kier alpha value is -2.13. The molecule has 0 fully saturated rings. The van der Waals surface area contributed by atoms with Gasteiger partial charge in [-0.05, 0) is 23.3 Å². The van der Waals surface area contributed by atoms with Crippen LogP contribution in [0.1, 0.15) is 25.0 Å². The summed E-state index contributed by atoms with van der Waals surface area (Å²) in [6.45, 7) is 6.11. The van der Waals surface area contributed by atoms with Crippen molar-refractivity contribution in [2.24, 2.45) is 0 Å². The number of nitrogens with zero attached hydrogens (tertiary/aromatic N) is 2. The van der Waals surface area contributed by atoms with Crippen molar-refractivity contribution in [2.45, 2.75) is 33.0 Å². The van der Waals surface area contributed by atoms with Crippen LogP contribution in [0.2, 0.25) is 0 Å². The third-order valence-corrected chi connectivity index (χ3v) is 3.62. The lowest BCUT2D eigenvalue weighted by molar-refractivity contribution is 0.589. The molecule has 0 radical (unpaired) electrons. The van der Waals surface area contributed by atoms with Gasteiger partial charge in [0.05, 0.1) is 17.4 Å². The van der Waals surface area contributed by atoms with Gasteiger partial charge in [0.2, 0.25) is 0 Å². The minimum absolute atomic E-state index is 0.516. The SMILES string of the molecule is CC(C)NCc1ccc(Cn2cnc3ccccc32)cc1. The van der Waals surface area contributed by atoms with E-state index >= 15 is 0 Å². The van der Waals surface area contributed by atoms with Gasteiger partial charge in [-0.1, -0.05) is 50.2 Å². The van der Waals surface area contributed by atoms with E-state index in [1.54, 1.807) is 0 Å². The quantitative estimate of drug-likeness (QED) is 0.773. The highest BCUT2D eigenvalue weighted by molar-refractivity contribution is 5.75. The molecular weight excluding hydrogens is 258 g/mol. The molecule has 3 nitrogen and oxygen atoms in total. The molecule has 0 bridgehead atoms. The van der Waals surface area contributed by atoms with Gasteiger partial charge < -0.3 is 9.88 Å². The summed E-state index contributed by atoms with van der Waals surface area (Å²) >= 11 is 0. The van der Waals surface area contributed by atoms with Crippen molar-refractivity contribution in [3.8, 4) is 0 Å². The number of nitrogens with one attached hydrogen (secondary N) is 1. The molecule has 108 valence electrons. The molecular formula is C18H21N3. The second-order valence-corrected chi connectivity index (χ2v) is 5.71. The normalized spacial score (nSPS) is 11.4. The maximum atomic E-state index is 4.43. The molecule has 3 rings (SSSR count). The maximum Gasteiger partial charge on any atom is 0.0961 e. The fourth-order valence-electron chi connectivity index (χ4n) is 2.42. The van der Waals surface area contributed by atoms with E-state index in [-0.39, 0.29) is 0 Å². The lowest BCUT2D eigenvalue weighted by Crippen LogP contribution is -2.21. The molecule has 2 aromatic carbocycles. The lowest BCUT2D eigenvalue weighted by Gasteiger charge is -2.09. The van der Waals surface area contributed by atoms with Crippen molar-refractivity contribution >= 4 is 11.0 Å². The summed E-state index contributed by atoms with van der Waals surface area (Å²) in [7, 11) is 0. The minimum Gasteiger partial charge on any atom is -0.326 e. The highest BCUT2D eigenvalue weighted by atomic mass is 15.0. The molecule has 0 aliphatic rings. The molecule has 0 aliphatic carbocycles. The molecule has 1 heterocycles. The Balaban J connectivity index is 1.73. The van der Waals surface area contributed by atoms with Gasteiger partial charge in [-0.15, -0.1) is 0 Å². The lowest BCUT2D eigenvalue weighted by atomic mass is 10.1. The van der Waals surface area contributed by atoms with E-state index in [0.29, 0.717) is 6.04 Å². The summed E-state index contributed by atoms with van der Waals surface area (Å²) in [5.41, 5.74) is 4.85. The van der Waals surface area contributed by atoms with Gasteiger partial charge in [-0.3, -0.25) is 0 Å². The van der Waals surface area contributed by atoms with Crippen molar-refractivity contribution in [2.75, 3.05) is 0 Å². The molecule has 21 heavy (non-hydrogen) atoms. The van der Waals surface area contributed by atoms with Gasteiger partial charge in [0, 0.05) is 19.1 Å². The van der Waals surface area contributed by atoms with Crippen LogP contribution in [0.3, 0.4) is 0 Å². The van der Waals surface area contributed by atoms with Crippen LogP contribution >= 0.6 is 0 Å². The summed E-state index contributed by atoms with van der Waals surface area (Å²) in [5.74, 6) is 0. The zero-order valence-electron chi connectivity index (χ0n) is 12.6. The van der Waals surface area contributed by atoms with E-state index in [2.05, 4.69) is 65.1 Å². The zero-order valence-corrected chi connectivity index (χ0v) is 12.6. The first kappa shape index (κ1) is 13.8. The third-order valence-electron chi connectivity index (χ3n) is 3.62. The van der Waals surface area contributed by atoms with Crippen molar-refractivity contribution in [1.82, 2.24) is 14.9 Å². The Morgan fingerprint density at radius 1 is 1.00 bits per heavy atom. The fourth-order valence-corrected chi connectivity index (χ4v) is 2.42. The number of aromatic nitrogens is 2. The number of fused-ring (bicyclic) bond motifs is 1. The number of hydrogen-bond donors (Lipinski definition) is 1. The van der Waals surface area contributed by atoms with Gasteiger partial charge in [-0.25, -0.2) is 4.98 Å². The van der Waals surface area contributed by atoms with Crippen LogP contribution in [-0.2, 0) is 13.1 Å². The van der Waals surface area contributed by atoms with Gasteiger partial charge in [0.15, 0.2) is 0 Å². The van der Waals surface area contributed by atoms with E-state index in [4.69, 9.17) is 0 Å². The predicted octanol–water partition coefficient (Wildman–Crippen LogP) is 3.58. The highest BCUT2D eigenvalue weighted by Crippen LogP contribution is 2.14. The maximum absolute atomic E-state index is 4.43. The third kappa shape index (κ3) is 3.31. The molecule has 0 amide bonds. The minimum atomic E-state index is 0.516. The molecule has 3 heteroatoms. The van der Waals surface area contributed by atoms with E-state index in [1.165, 1.54) is 16.6 Å². The second-order valence-electron chi connectivity index (χ2n) is 5.71. The van der Waals surface area contributed by atoms with Crippen LogP contribution in [0, 0.1) is 0 Å². The predicted molar refractivity (Wildman–Crippen MR) is 87.3 cm³/mol. The average molecular weight is 279 g/mol. The summed E-state index contributed by atoms with van der Waals surface area (Å²) in [5, 5.41) is 3.44. The number of hydrogen-bond acceptors (Lipinski definition) is 2. The smallest absolute Gasteiger partial charge is 0.0961 e. The number of imidazole rings is 1. The van der Waals surface area contributed by atoms with Gasteiger partial charge in [0.25, 0.3) is 0 Å². The second kappa shape index (κ2) is 6.10.